The van der Waals surface area contributed by atoms with Gasteiger partial charge in [0, 0.05) is 51.5 Å². The molecule has 2 heterocycles. The molecule has 0 saturated heterocycles. The summed E-state index contributed by atoms with van der Waals surface area (Å²) in [5, 5.41) is 11.0. The summed E-state index contributed by atoms with van der Waals surface area (Å²) in [7, 11) is 1.79. The number of hydrogen-bond acceptors (Lipinski definition) is 3. The van der Waals surface area contributed by atoms with Gasteiger partial charge in [0.05, 0.1) is 12.9 Å². The summed E-state index contributed by atoms with van der Waals surface area (Å²) in [6, 6.07) is 10.3. The third-order valence-corrected chi connectivity index (χ3v) is 4.12. The third-order valence-electron chi connectivity index (χ3n) is 4.12. The molecule has 144 valence electrons. The molecule has 0 unspecified atom stereocenters. The van der Waals surface area contributed by atoms with Crippen molar-refractivity contribution in [1.82, 2.24) is 30.0 Å². The van der Waals surface area contributed by atoms with Crippen LogP contribution in [0.1, 0.15) is 17.5 Å². The quantitative estimate of drug-likeness (QED) is 0.226. The largest absolute Gasteiger partial charge is 0.356 e. The van der Waals surface area contributed by atoms with Gasteiger partial charge in [0.25, 0.3) is 0 Å². The van der Waals surface area contributed by atoms with E-state index in [0.29, 0.717) is 0 Å². The van der Waals surface area contributed by atoms with E-state index in [4.69, 9.17) is 0 Å². The Labute approximate surface area is 176 Å². The predicted octanol–water partition coefficient (Wildman–Crippen LogP) is 2.50. The van der Waals surface area contributed by atoms with Crippen molar-refractivity contribution in [2.45, 2.75) is 26.1 Å². The number of hydrogen-bond donors (Lipinski definition) is 2. The zero-order valence-electron chi connectivity index (χ0n) is 15.5. The van der Waals surface area contributed by atoms with E-state index in [9.17, 15) is 0 Å². The topological polar surface area (TPSA) is 72.1 Å². The Morgan fingerprint density at radius 1 is 1.07 bits per heavy atom. The van der Waals surface area contributed by atoms with Crippen molar-refractivity contribution in [3.63, 3.8) is 0 Å². The first-order chi connectivity index (χ1) is 12.8. The lowest BCUT2D eigenvalue weighted by Gasteiger charge is -2.14. The standard InChI is InChI=1S/C19H25N7.HI/c1-20-19(22-8-4-11-25-13-10-21-16-25)23-14-17-6-2-3-7-18(17)15-26-12-5-9-24-26;/h2-3,5-7,9-10,12-13,16H,4,8,11,14-15H2,1H3,(H2,20,22,23);1H. The minimum absolute atomic E-state index is 0. The molecule has 2 N–H and O–H groups in total. The van der Waals surface area contributed by atoms with Gasteiger partial charge in [-0.1, -0.05) is 24.3 Å². The van der Waals surface area contributed by atoms with Crippen LogP contribution in [0.3, 0.4) is 0 Å². The molecule has 27 heavy (non-hydrogen) atoms. The number of nitrogens with one attached hydrogen (secondary N) is 2. The van der Waals surface area contributed by atoms with E-state index < -0.39 is 0 Å². The summed E-state index contributed by atoms with van der Waals surface area (Å²) in [6.45, 7) is 3.28. The summed E-state index contributed by atoms with van der Waals surface area (Å²) in [5.41, 5.74) is 2.49. The molecule has 8 heteroatoms. The van der Waals surface area contributed by atoms with Crippen LogP contribution in [0, 0.1) is 0 Å². The van der Waals surface area contributed by atoms with Crippen LogP contribution in [-0.4, -0.2) is 38.9 Å². The summed E-state index contributed by atoms with van der Waals surface area (Å²) in [6.07, 6.45) is 10.4. The Kier molecular flexibility index (Phi) is 8.82. The van der Waals surface area contributed by atoms with E-state index in [2.05, 4.69) is 54.5 Å². The van der Waals surface area contributed by atoms with Gasteiger partial charge < -0.3 is 15.2 Å². The zero-order valence-corrected chi connectivity index (χ0v) is 17.8. The smallest absolute Gasteiger partial charge is 0.191 e. The Morgan fingerprint density at radius 2 is 1.93 bits per heavy atom. The van der Waals surface area contributed by atoms with Crippen LogP contribution in [0.4, 0.5) is 0 Å². The molecule has 0 fully saturated rings. The number of aryl methyl sites for hydroxylation is 1. The third kappa shape index (κ3) is 6.70. The molecule has 0 aliphatic carbocycles. The van der Waals surface area contributed by atoms with Crippen LogP contribution in [0.15, 0.2) is 66.4 Å². The van der Waals surface area contributed by atoms with E-state index in [1.54, 1.807) is 19.4 Å². The predicted molar refractivity (Wildman–Crippen MR) is 118 cm³/mol. The van der Waals surface area contributed by atoms with Crippen LogP contribution in [0.5, 0.6) is 0 Å². The van der Waals surface area contributed by atoms with Gasteiger partial charge in [0.1, 0.15) is 0 Å². The summed E-state index contributed by atoms with van der Waals surface area (Å²) < 4.78 is 4.01. The van der Waals surface area contributed by atoms with Gasteiger partial charge >= 0.3 is 0 Å². The molecule has 1 aromatic carbocycles. The SMILES string of the molecule is CN=C(NCCCn1ccnc1)NCc1ccccc1Cn1cccn1.I. The second-order valence-corrected chi connectivity index (χ2v) is 5.98. The van der Waals surface area contributed by atoms with Crippen molar-refractivity contribution in [3.8, 4) is 0 Å². The van der Waals surface area contributed by atoms with Gasteiger partial charge in [-0.25, -0.2) is 4.98 Å². The van der Waals surface area contributed by atoms with E-state index in [1.165, 1.54) is 11.1 Å². The van der Waals surface area contributed by atoms with Crippen LogP contribution < -0.4 is 10.6 Å². The van der Waals surface area contributed by atoms with Crippen molar-refractivity contribution < 1.29 is 0 Å². The fourth-order valence-electron chi connectivity index (χ4n) is 2.74. The van der Waals surface area contributed by atoms with Crippen molar-refractivity contribution in [1.29, 1.82) is 0 Å². The Hall–Kier alpha value is -2.36. The lowest BCUT2D eigenvalue weighted by molar-refractivity contribution is 0.624. The summed E-state index contributed by atoms with van der Waals surface area (Å²) >= 11 is 0. The first-order valence-corrected chi connectivity index (χ1v) is 8.79. The summed E-state index contributed by atoms with van der Waals surface area (Å²) in [5.74, 6) is 0.810. The van der Waals surface area contributed by atoms with Gasteiger partial charge in [-0.05, 0) is 23.6 Å². The molecule has 0 bridgehead atoms. The van der Waals surface area contributed by atoms with Crippen LogP contribution in [-0.2, 0) is 19.6 Å². The van der Waals surface area contributed by atoms with Gasteiger partial charge in [0.2, 0.25) is 0 Å². The van der Waals surface area contributed by atoms with E-state index in [0.717, 1.165) is 38.6 Å². The molecule has 0 radical (unpaired) electrons. The molecule has 0 atom stereocenters. The normalized spacial score (nSPS) is 11.1. The van der Waals surface area contributed by atoms with Crippen LogP contribution in [0.2, 0.25) is 0 Å². The number of nitrogens with zero attached hydrogens (tertiary/aromatic N) is 5. The fourth-order valence-corrected chi connectivity index (χ4v) is 2.74. The number of imidazole rings is 1. The molecule has 0 amide bonds. The highest BCUT2D eigenvalue weighted by Crippen LogP contribution is 2.10. The molecule has 3 rings (SSSR count). The molecule has 0 aliphatic heterocycles. The second kappa shape index (κ2) is 11.4. The van der Waals surface area contributed by atoms with Gasteiger partial charge in [0.15, 0.2) is 5.96 Å². The lowest BCUT2D eigenvalue weighted by atomic mass is 10.1. The molecule has 0 spiro atoms. The monoisotopic (exact) mass is 479 g/mol. The maximum absolute atomic E-state index is 4.30. The van der Waals surface area contributed by atoms with Gasteiger partial charge in [-0.2, -0.15) is 5.10 Å². The minimum Gasteiger partial charge on any atom is -0.356 e. The Bertz CT molecular complexity index is 797. The Balaban J connectivity index is 0.00000261. The van der Waals surface area contributed by atoms with Gasteiger partial charge in [-0.3, -0.25) is 9.67 Å². The molecule has 7 nitrogen and oxygen atoms in total. The lowest BCUT2D eigenvalue weighted by Crippen LogP contribution is -2.37. The molecular weight excluding hydrogens is 453 g/mol. The molecule has 0 saturated carbocycles. The maximum atomic E-state index is 4.30. The van der Waals surface area contributed by atoms with E-state index >= 15 is 0 Å². The zero-order chi connectivity index (χ0) is 18.0. The molecule has 0 aliphatic rings. The van der Waals surface area contributed by atoms with Crippen LogP contribution >= 0.6 is 24.0 Å². The summed E-state index contributed by atoms with van der Waals surface area (Å²) in [4.78, 5) is 8.35. The highest BCUT2D eigenvalue weighted by atomic mass is 127. The van der Waals surface area contributed by atoms with Crippen molar-refractivity contribution >= 4 is 29.9 Å². The molecule has 2 aromatic heterocycles. The second-order valence-electron chi connectivity index (χ2n) is 5.98. The minimum atomic E-state index is 0. The molecular formula is C19H26IN7. The number of aromatic nitrogens is 4. The van der Waals surface area contributed by atoms with E-state index in [-0.39, 0.29) is 24.0 Å². The fraction of sp³-hybridized carbons (Fsp3) is 0.316. The number of aliphatic imine (C=N–C) groups is 1. The van der Waals surface area contributed by atoms with Crippen molar-refractivity contribution in [2.75, 3.05) is 13.6 Å². The van der Waals surface area contributed by atoms with Gasteiger partial charge in [-0.15, -0.1) is 24.0 Å². The maximum Gasteiger partial charge on any atom is 0.191 e. The highest BCUT2D eigenvalue weighted by molar-refractivity contribution is 14.0. The van der Waals surface area contributed by atoms with Crippen molar-refractivity contribution in [2.24, 2.45) is 4.99 Å². The first kappa shape index (κ1) is 20.9. The number of halogens is 1. The average Bonchev–Trinajstić information content (AvgIpc) is 3.36. The first-order valence-electron chi connectivity index (χ1n) is 8.79. The van der Waals surface area contributed by atoms with Crippen molar-refractivity contribution in [3.05, 3.63) is 72.6 Å². The van der Waals surface area contributed by atoms with E-state index in [1.807, 2.05) is 29.5 Å². The van der Waals surface area contributed by atoms with Crippen LogP contribution in [0.25, 0.3) is 0 Å². The highest BCUT2D eigenvalue weighted by Gasteiger charge is 2.04. The molecule has 3 aromatic rings. The number of guanidine groups is 1. The average molecular weight is 479 g/mol. The number of rotatable bonds is 8. The number of benzene rings is 1. The Morgan fingerprint density at radius 3 is 2.63 bits per heavy atom.